The maximum absolute atomic E-state index is 9.73. The van der Waals surface area contributed by atoms with Crippen LogP contribution in [0.3, 0.4) is 0 Å². The number of aromatic nitrogens is 7. The molecule has 52 heavy (non-hydrogen) atoms. The highest BCUT2D eigenvalue weighted by Gasteiger charge is 2.18. The Hall–Kier alpha value is -5.99. The summed E-state index contributed by atoms with van der Waals surface area (Å²) in [7, 11) is 7.72. The molecule has 6 rings (SSSR count). The summed E-state index contributed by atoms with van der Waals surface area (Å²) in [5, 5.41) is 40.4. The average molecular weight is 701 g/mol. The van der Waals surface area contributed by atoms with Gasteiger partial charge in [0.15, 0.2) is 0 Å². The fourth-order valence-corrected chi connectivity index (χ4v) is 5.72. The number of anilines is 2. The minimum Gasteiger partial charge on any atom is -0.396 e. The summed E-state index contributed by atoms with van der Waals surface area (Å²) in [4.78, 5) is 14.5. The molecule has 0 aliphatic rings. The fourth-order valence-electron chi connectivity index (χ4n) is 5.72. The van der Waals surface area contributed by atoms with Crippen molar-refractivity contribution in [1.29, 1.82) is 0 Å². The van der Waals surface area contributed by atoms with Crippen LogP contribution in [0.5, 0.6) is 0 Å². The Balaban J connectivity index is 1.14. The van der Waals surface area contributed by atoms with Crippen molar-refractivity contribution in [2.75, 3.05) is 18.5 Å². The first-order valence-corrected chi connectivity index (χ1v) is 17.1. The molecule has 3 N–H and O–H groups in total. The van der Waals surface area contributed by atoms with Crippen LogP contribution in [0.4, 0.5) is 34.6 Å². The zero-order valence-corrected chi connectivity index (χ0v) is 29.9. The van der Waals surface area contributed by atoms with Gasteiger partial charge >= 0.3 is 11.9 Å². The Bertz CT molecular complexity index is 2090. The van der Waals surface area contributed by atoms with E-state index in [4.69, 9.17) is 15.0 Å². The molecule has 0 radical (unpaired) electrons. The van der Waals surface area contributed by atoms with Crippen molar-refractivity contribution in [3.63, 3.8) is 0 Å². The maximum atomic E-state index is 9.73. The number of aliphatic hydroxyl groups excluding tert-OH is 2. The minimum absolute atomic E-state index is 0.0223. The van der Waals surface area contributed by atoms with E-state index in [-0.39, 0.29) is 19.1 Å². The van der Waals surface area contributed by atoms with Crippen molar-refractivity contribution in [1.82, 2.24) is 24.1 Å². The zero-order chi connectivity index (χ0) is 36.5. The van der Waals surface area contributed by atoms with Crippen molar-refractivity contribution in [2.45, 2.75) is 31.6 Å². The number of hydrogen-bond donors (Lipinski definition) is 3. The molecule has 0 saturated carbocycles. The molecule has 14 heteroatoms. The number of nitrogens with zero attached hydrogens (tertiary/aromatic N) is 11. The number of imidazole rings is 2. The molecule has 0 unspecified atom stereocenters. The van der Waals surface area contributed by atoms with Crippen LogP contribution >= 0.6 is 0 Å². The van der Waals surface area contributed by atoms with Crippen molar-refractivity contribution < 1.29 is 19.3 Å². The van der Waals surface area contributed by atoms with E-state index in [0.717, 1.165) is 45.8 Å². The first-order valence-electron chi connectivity index (χ1n) is 17.1. The van der Waals surface area contributed by atoms with Gasteiger partial charge in [-0.25, -0.2) is 33.2 Å². The Labute approximate surface area is 302 Å². The van der Waals surface area contributed by atoms with Crippen LogP contribution < -0.4 is 14.5 Å². The summed E-state index contributed by atoms with van der Waals surface area (Å²) in [6, 6.07) is 23.8. The molecule has 14 nitrogen and oxygen atoms in total. The summed E-state index contributed by atoms with van der Waals surface area (Å²) in [5.74, 6) is 3.16. The average Bonchev–Trinajstić information content (AvgIpc) is 3.65. The van der Waals surface area contributed by atoms with E-state index in [2.05, 4.69) is 37.9 Å². The number of rotatable bonds is 15. The van der Waals surface area contributed by atoms with Crippen molar-refractivity contribution >= 4 is 34.6 Å². The monoisotopic (exact) mass is 700 g/mol. The lowest BCUT2D eigenvalue weighted by Crippen LogP contribution is -2.25. The third-order valence-electron chi connectivity index (χ3n) is 8.64. The molecule has 0 spiro atoms. The van der Waals surface area contributed by atoms with Gasteiger partial charge in [-0.15, -0.1) is 0 Å². The molecule has 0 aliphatic heterocycles. The van der Waals surface area contributed by atoms with E-state index in [0.29, 0.717) is 43.2 Å². The van der Waals surface area contributed by atoms with Gasteiger partial charge in [0.2, 0.25) is 0 Å². The molecule has 0 fully saturated rings. The van der Waals surface area contributed by atoms with Crippen LogP contribution in [0.25, 0.3) is 0 Å². The van der Waals surface area contributed by atoms with Crippen LogP contribution in [0.2, 0.25) is 0 Å². The van der Waals surface area contributed by atoms with E-state index in [1.54, 1.807) is 0 Å². The second kappa shape index (κ2) is 16.8. The largest absolute Gasteiger partial charge is 0.421 e. The molecular weight excluding hydrogens is 656 g/mol. The Morgan fingerprint density at radius 1 is 0.615 bits per heavy atom. The van der Waals surface area contributed by atoms with Gasteiger partial charge < -0.3 is 15.5 Å². The third-order valence-corrected chi connectivity index (χ3v) is 8.64. The van der Waals surface area contributed by atoms with E-state index in [9.17, 15) is 10.2 Å². The Kier molecular flexibility index (Phi) is 11.6. The van der Waals surface area contributed by atoms with Gasteiger partial charge in [-0.05, 0) is 72.5 Å². The summed E-state index contributed by atoms with van der Waals surface area (Å²) < 4.78 is 7.63. The lowest BCUT2D eigenvalue weighted by molar-refractivity contribution is -0.657. The van der Waals surface area contributed by atoms with E-state index >= 15 is 0 Å². The van der Waals surface area contributed by atoms with Gasteiger partial charge in [0.25, 0.3) is 0 Å². The summed E-state index contributed by atoms with van der Waals surface area (Å²) >= 11 is 0. The molecule has 3 aromatic heterocycles. The quantitative estimate of drug-likeness (QED) is 0.0908. The second-order valence-electron chi connectivity index (χ2n) is 12.7. The standard InChI is InChI=1S/C38H43N12O2/c1-47-19-20-48(2)37(47)45-43-32-11-7-28(8-12-32)26-35-40-34(41-36(42-35)29(17-23-51)18-24-52)25-27-5-9-30(10-6-27)39-31-13-15-33(16-14-31)44-46-38-49(3)21-22-50(38)4/h5-16,19-22,29,51-52H,17-18,23-26H2,1-4H3/q+1/p+1. The number of azo groups is 2. The SMILES string of the molecule is Cn1cc[n+](C)c1N=Nc1ccc(Cc2nc(Cc3ccc(Nc4ccc(N=Nc5n(C)cc[n+]5C)cc4)cc3)nc(C(CCO)CCO)n2)cc1. The van der Waals surface area contributed by atoms with Gasteiger partial charge in [-0.3, -0.25) is 0 Å². The first-order chi connectivity index (χ1) is 25.3. The normalized spacial score (nSPS) is 11.8. The Morgan fingerprint density at radius 3 is 1.46 bits per heavy atom. The zero-order valence-electron chi connectivity index (χ0n) is 29.9. The van der Waals surface area contributed by atoms with Gasteiger partial charge in [-0.2, -0.15) is 0 Å². The highest BCUT2D eigenvalue weighted by Crippen LogP contribution is 2.25. The van der Waals surface area contributed by atoms with Crippen molar-refractivity contribution in [3.05, 3.63) is 126 Å². The van der Waals surface area contributed by atoms with Crippen LogP contribution in [0.1, 0.15) is 47.4 Å². The lowest BCUT2D eigenvalue weighted by Gasteiger charge is -2.15. The van der Waals surface area contributed by atoms with Crippen LogP contribution in [-0.4, -0.2) is 47.5 Å². The van der Waals surface area contributed by atoms with E-state index in [1.807, 2.05) is 132 Å². The predicted molar refractivity (Wildman–Crippen MR) is 196 cm³/mol. The second-order valence-corrected chi connectivity index (χ2v) is 12.7. The third kappa shape index (κ3) is 9.21. The molecular formula is C38H44N12O2+2. The van der Waals surface area contributed by atoms with Crippen molar-refractivity contribution in [3.8, 4) is 0 Å². The number of benzene rings is 3. The van der Waals surface area contributed by atoms with Gasteiger partial charge in [0.1, 0.15) is 28.8 Å². The minimum atomic E-state index is -0.183. The molecule has 0 saturated heterocycles. The van der Waals surface area contributed by atoms with Gasteiger partial charge in [0.05, 0.1) is 53.0 Å². The molecule has 0 atom stereocenters. The Morgan fingerprint density at radius 2 is 1.04 bits per heavy atom. The predicted octanol–water partition coefficient (Wildman–Crippen LogP) is 5.80. The van der Waals surface area contributed by atoms with Gasteiger partial charge in [0, 0.05) is 53.6 Å². The molecule has 0 bridgehead atoms. The first kappa shape index (κ1) is 35.8. The molecule has 3 heterocycles. The lowest BCUT2D eigenvalue weighted by atomic mass is 10.0. The topological polar surface area (TPSA) is 158 Å². The van der Waals surface area contributed by atoms with Gasteiger partial charge in [-0.1, -0.05) is 34.5 Å². The molecule has 266 valence electrons. The smallest absolute Gasteiger partial charge is 0.396 e. The van der Waals surface area contributed by atoms with Crippen LogP contribution in [0, 0.1) is 0 Å². The van der Waals surface area contributed by atoms with Crippen LogP contribution in [-0.2, 0) is 41.0 Å². The highest BCUT2D eigenvalue weighted by molar-refractivity contribution is 5.61. The summed E-state index contributed by atoms with van der Waals surface area (Å²) in [6.45, 7) is -0.0445. The number of nitrogens with one attached hydrogen (secondary N) is 1. The number of aliphatic hydroxyl groups is 2. The van der Waals surface area contributed by atoms with Crippen molar-refractivity contribution in [2.24, 2.45) is 48.6 Å². The fraction of sp³-hybridized carbons (Fsp3) is 0.289. The number of aryl methyl sites for hydroxylation is 4. The highest BCUT2D eigenvalue weighted by atomic mass is 16.3. The summed E-state index contributed by atoms with van der Waals surface area (Å²) in [6.07, 6.45) is 9.63. The molecule has 0 amide bonds. The summed E-state index contributed by atoms with van der Waals surface area (Å²) in [5.41, 5.74) is 5.43. The number of hydrogen-bond acceptors (Lipinski definition) is 10. The molecule has 6 aromatic rings. The molecule has 0 aliphatic carbocycles. The van der Waals surface area contributed by atoms with E-state index < -0.39 is 0 Å². The van der Waals surface area contributed by atoms with E-state index in [1.165, 1.54) is 0 Å². The van der Waals surface area contributed by atoms with Crippen LogP contribution in [0.15, 0.2) is 118 Å². The molecule has 3 aromatic carbocycles. The maximum Gasteiger partial charge on any atom is 0.421 e.